The van der Waals surface area contributed by atoms with Crippen molar-refractivity contribution in [2.45, 2.75) is 32.2 Å². The first-order chi connectivity index (χ1) is 14.1. The fraction of sp³-hybridized carbons (Fsp3) is 0.348. The van der Waals surface area contributed by atoms with Crippen LogP contribution < -0.4 is 5.32 Å². The van der Waals surface area contributed by atoms with Gasteiger partial charge in [0.1, 0.15) is 0 Å². The maximum atomic E-state index is 13.2. The third-order valence-electron chi connectivity index (χ3n) is 5.33. The lowest BCUT2D eigenvalue weighted by molar-refractivity contribution is 0.0927. The van der Waals surface area contributed by atoms with Crippen molar-refractivity contribution in [3.05, 3.63) is 58.8 Å². The summed E-state index contributed by atoms with van der Waals surface area (Å²) in [5, 5.41) is 4.04. The molecule has 0 saturated carbocycles. The summed E-state index contributed by atoms with van der Waals surface area (Å²) in [7, 11) is 0. The summed E-state index contributed by atoms with van der Waals surface area (Å²) in [5.74, 6) is -0.0647. The first-order valence-corrected chi connectivity index (χ1v) is 10.9. The second-order valence-corrected chi connectivity index (χ2v) is 8.61. The standard InChI is InChI=1S/C23H25BrN4O/c1-16(15-28-10-3-2-4-11-28)26-23(29)20-13-22(17-6-5-9-25-14-17)27-21-8-7-18(24)12-19(20)21/h5-9,12-14,16H,2-4,10-11,15H2,1H3,(H,26,29)/t16-/m0/s1. The molecule has 1 atom stereocenters. The number of halogens is 1. The van der Waals surface area contributed by atoms with Gasteiger partial charge in [0.05, 0.1) is 16.8 Å². The molecule has 5 nitrogen and oxygen atoms in total. The molecule has 1 aliphatic heterocycles. The van der Waals surface area contributed by atoms with Crippen LogP contribution in [0.5, 0.6) is 0 Å². The van der Waals surface area contributed by atoms with Crippen molar-refractivity contribution in [2.75, 3.05) is 19.6 Å². The molecule has 2 aromatic heterocycles. The van der Waals surface area contributed by atoms with Crippen molar-refractivity contribution in [3.8, 4) is 11.3 Å². The van der Waals surface area contributed by atoms with E-state index in [4.69, 9.17) is 4.98 Å². The maximum absolute atomic E-state index is 13.2. The van der Waals surface area contributed by atoms with Gasteiger partial charge in [0, 0.05) is 40.4 Å². The number of pyridine rings is 2. The van der Waals surface area contributed by atoms with Crippen LogP contribution in [0.4, 0.5) is 0 Å². The van der Waals surface area contributed by atoms with Crippen molar-refractivity contribution in [2.24, 2.45) is 0 Å². The molecule has 0 spiro atoms. The first-order valence-electron chi connectivity index (χ1n) is 10.1. The predicted molar refractivity (Wildman–Crippen MR) is 120 cm³/mol. The number of hydrogen-bond acceptors (Lipinski definition) is 4. The van der Waals surface area contributed by atoms with E-state index in [9.17, 15) is 4.79 Å². The van der Waals surface area contributed by atoms with E-state index in [0.717, 1.165) is 46.3 Å². The van der Waals surface area contributed by atoms with E-state index in [-0.39, 0.29) is 11.9 Å². The van der Waals surface area contributed by atoms with E-state index in [1.54, 1.807) is 12.4 Å². The number of piperidine rings is 1. The number of carbonyl (C=O) groups is 1. The maximum Gasteiger partial charge on any atom is 0.252 e. The molecule has 1 aromatic carbocycles. The number of nitrogens with one attached hydrogen (secondary N) is 1. The van der Waals surface area contributed by atoms with Gasteiger partial charge in [-0.15, -0.1) is 0 Å². The lowest BCUT2D eigenvalue weighted by Gasteiger charge is -2.29. The van der Waals surface area contributed by atoms with Gasteiger partial charge in [0.15, 0.2) is 0 Å². The Morgan fingerprint density at radius 1 is 1.21 bits per heavy atom. The highest BCUT2D eigenvalue weighted by Gasteiger charge is 2.19. The summed E-state index contributed by atoms with van der Waals surface area (Å²) in [6, 6.07) is 11.6. The lowest BCUT2D eigenvalue weighted by atomic mass is 10.0. The van der Waals surface area contributed by atoms with Crippen molar-refractivity contribution >= 4 is 32.7 Å². The summed E-state index contributed by atoms with van der Waals surface area (Å²) >= 11 is 3.52. The predicted octanol–water partition coefficient (Wildman–Crippen LogP) is 4.66. The number of carbonyl (C=O) groups excluding carboxylic acids is 1. The van der Waals surface area contributed by atoms with Crippen LogP contribution in [0.2, 0.25) is 0 Å². The highest BCUT2D eigenvalue weighted by atomic mass is 79.9. The molecule has 0 radical (unpaired) electrons. The Morgan fingerprint density at radius 2 is 2.03 bits per heavy atom. The number of nitrogens with zero attached hydrogens (tertiary/aromatic N) is 3. The summed E-state index contributed by atoms with van der Waals surface area (Å²) < 4.78 is 0.927. The number of benzene rings is 1. The van der Waals surface area contributed by atoms with Crippen LogP contribution in [0.1, 0.15) is 36.5 Å². The first kappa shape index (κ1) is 20.0. The fourth-order valence-electron chi connectivity index (χ4n) is 3.92. The van der Waals surface area contributed by atoms with Crippen LogP contribution in [0.15, 0.2) is 53.3 Å². The molecule has 6 heteroatoms. The molecule has 0 unspecified atom stereocenters. The largest absolute Gasteiger partial charge is 0.348 e. The highest BCUT2D eigenvalue weighted by Crippen LogP contribution is 2.27. The Balaban J connectivity index is 1.63. The van der Waals surface area contributed by atoms with Crippen molar-refractivity contribution < 1.29 is 4.79 Å². The average Bonchev–Trinajstić information content (AvgIpc) is 2.74. The van der Waals surface area contributed by atoms with Gasteiger partial charge < -0.3 is 10.2 Å². The van der Waals surface area contributed by atoms with Crippen LogP contribution in [0.3, 0.4) is 0 Å². The molecule has 4 rings (SSSR count). The van der Waals surface area contributed by atoms with Crippen molar-refractivity contribution in [1.29, 1.82) is 0 Å². The van der Waals surface area contributed by atoms with Crippen LogP contribution in [0.25, 0.3) is 22.2 Å². The number of likely N-dealkylation sites (tertiary alicyclic amines) is 1. The molecule has 29 heavy (non-hydrogen) atoms. The van der Waals surface area contributed by atoms with Gasteiger partial charge in [-0.25, -0.2) is 4.98 Å². The molecule has 3 aromatic rings. The molecule has 1 fully saturated rings. The Bertz CT molecular complexity index is 1000. The molecule has 1 saturated heterocycles. The van der Waals surface area contributed by atoms with Crippen molar-refractivity contribution in [1.82, 2.24) is 20.2 Å². The zero-order chi connectivity index (χ0) is 20.2. The van der Waals surface area contributed by atoms with Crippen LogP contribution in [0, 0.1) is 0 Å². The number of rotatable bonds is 5. The fourth-order valence-corrected chi connectivity index (χ4v) is 4.29. The molecule has 0 aliphatic carbocycles. The van der Waals surface area contributed by atoms with Crippen LogP contribution in [-0.2, 0) is 0 Å². The van der Waals surface area contributed by atoms with Crippen molar-refractivity contribution in [3.63, 3.8) is 0 Å². The molecular formula is C23H25BrN4O. The van der Waals surface area contributed by atoms with Gasteiger partial charge in [0.2, 0.25) is 0 Å². The van der Waals surface area contributed by atoms with E-state index in [1.165, 1.54) is 19.3 Å². The van der Waals surface area contributed by atoms with E-state index in [2.05, 4.69) is 38.1 Å². The van der Waals surface area contributed by atoms with Gasteiger partial charge in [-0.05, 0) is 69.3 Å². The van der Waals surface area contributed by atoms with E-state index < -0.39 is 0 Å². The number of hydrogen-bond donors (Lipinski definition) is 1. The number of amides is 1. The van der Waals surface area contributed by atoms with Gasteiger partial charge >= 0.3 is 0 Å². The topological polar surface area (TPSA) is 58.1 Å². The number of fused-ring (bicyclic) bond motifs is 1. The summed E-state index contributed by atoms with van der Waals surface area (Å²) in [5.41, 5.74) is 3.08. The molecule has 150 valence electrons. The van der Waals surface area contributed by atoms with E-state index in [0.29, 0.717) is 5.56 Å². The van der Waals surface area contributed by atoms with Crippen LogP contribution in [-0.4, -0.2) is 46.5 Å². The number of aromatic nitrogens is 2. The minimum Gasteiger partial charge on any atom is -0.348 e. The average molecular weight is 453 g/mol. The quantitative estimate of drug-likeness (QED) is 0.611. The second kappa shape index (κ2) is 9.01. The normalized spacial score (nSPS) is 15.9. The second-order valence-electron chi connectivity index (χ2n) is 7.69. The monoisotopic (exact) mass is 452 g/mol. The van der Waals surface area contributed by atoms with Crippen LogP contribution >= 0.6 is 15.9 Å². The minimum atomic E-state index is -0.0647. The summed E-state index contributed by atoms with van der Waals surface area (Å²) in [6.07, 6.45) is 7.31. The Kier molecular flexibility index (Phi) is 6.21. The Hall–Kier alpha value is -2.31. The minimum absolute atomic E-state index is 0.0647. The molecule has 1 N–H and O–H groups in total. The molecule has 1 aliphatic rings. The lowest BCUT2D eigenvalue weighted by Crippen LogP contribution is -2.43. The van der Waals surface area contributed by atoms with Gasteiger partial charge in [-0.2, -0.15) is 0 Å². The van der Waals surface area contributed by atoms with E-state index in [1.807, 2.05) is 36.4 Å². The molecule has 0 bridgehead atoms. The third kappa shape index (κ3) is 4.82. The van der Waals surface area contributed by atoms with Gasteiger partial charge in [0.25, 0.3) is 5.91 Å². The van der Waals surface area contributed by atoms with E-state index >= 15 is 0 Å². The molecule has 1 amide bonds. The highest BCUT2D eigenvalue weighted by molar-refractivity contribution is 9.10. The summed E-state index contributed by atoms with van der Waals surface area (Å²) in [4.78, 5) is 24.6. The third-order valence-corrected chi connectivity index (χ3v) is 5.82. The molecule has 3 heterocycles. The molecular weight excluding hydrogens is 428 g/mol. The zero-order valence-electron chi connectivity index (χ0n) is 16.6. The van der Waals surface area contributed by atoms with Gasteiger partial charge in [-0.3, -0.25) is 9.78 Å². The SMILES string of the molecule is C[C@@H](CN1CCCCC1)NC(=O)c1cc(-c2cccnc2)nc2ccc(Br)cc12. The summed E-state index contributed by atoms with van der Waals surface area (Å²) in [6.45, 7) is 5.20. The zero-order valence-corrected chi connectivity index (χ0v) is 18.2. The smallest absolute Gasteiger partial charge is 0.252 e. The Labute approximate surface area is 179 Å². The van der Waals surface area contributed by atoms with Gasteiger partial charge in [-0.1, -0.05) is 22.4 Å². The Morgan fingerprint density at radius 3 is 2.79 bits per heavy atom.